The number of ether oxygens (including phenoxy) is 1. The van der Waals surface area contributed by atoms with Gasteiger partial charge in [0.25, 0.3) is 5.91 Å². The molecule has 182 valence electrons. The Hall–Kier alpha value is -2.82. The highest BCUT2D eigenvalue weighted by molar-refractivity contribution is 7.20. The summed E-state index contributed by atoms with van der Waals surface area (Å²) < 4.78 is 20.1. The first-order valence-corrected chi connectivity index (χ1v) is 12.2. The lowest BCUT2D eigenvalue weighted by Gasteiger charge is -2.34. The minimum atomic E-state index is -0.266. The maximum atomic E-state index is 13.2. The summed E-state index contributed by atoms with van der Waals surface area (Å²) in [5.41, 5.74) is 1.82. The fourth-order valence-electron chi connectivity index (χ4n) is 4.06. The van der Waals surface area contributed by atoms with Crippen molar-refractivity contribution in [3.8, 4) is 0 Å². The highest BCUT2D eigenvalue weighted by Gasteiger charge is 2.25. The van der Waals surface area contributed by atoms with Crippen LogP contribution in [0.1, 0.15) is 27.3 Å². The Morgan fingerprint density at radius 2 is 1.91 bits per heavy atom. The van der Waals surface area contributed by atoms with Crippen LogP contribution in [-0.2, 0) is 16.1 Å². The third kappa shape index (κ3) is 5.81. The van der Waals surface area contributed by atoms with Gasteiger partial charge in [-0.25, -0.2) is 4.39 Å². The number of methoxy groups -OCH3 is 1. The summed E-state index contributed by atoms with van der Waals surface area (Å²) in [6.45, 7) is 6.54. The van der Waals surface area contributed by atoms with E-state index in [0.29, 0.717) is 57.3 Å². The second-order valence-corrected chi connectivity index (χ2v) is 9.49. The number of carbonyl (C=O) groups is 2. The minimum Gasteiger partial charge on any atom is -0.385 e. The molecule has 0 aliphatic carbocycles. The molecule has 1 aromatic carbocycles. The fraction of sp³-hybridized carbons (Fsp3) is 0.458. The van der Waals surface area contributed by atoms with Crippen molar-refractivity contribution in [2.45, 2.75) is 19.9 Å². The van der Waals surface area contributed by atoms with Gasteiger partial charge in [-0.1, -0.05) is 12.1 Å². The Labute approximate surface area is 202 Å². The van der Waals surface area contributed by atoms with Crippen LogP contribution in [0.15, 0.2) is 30.3 Å². The number of amides is 2. The van der Waals surface area contributed by atoms with Gasteiger partial charge in [-0.3, -0.25) is 19.2 Å². The highest BCUT2D eigenvalue weighted by atomic mass is 32.1. The van der Waals surface area contributed by atoms with Crippen LogP contribution in [0.3, 0.4) is 0 Å². The van der Waals surface area contributed by atoms with E-state index in [1.165, 1.54) is 23.5 Å². The molecular weight excluding hydrogens is 457 g/mol. The summed E-state index contributed by atoms with van der Waals surface area (Å²) in [5.74, 6) is -0.253. The first-order valence-electron chi connectivity index (χ1n) is 11.4. The van der Waals surface area contributed by atoms with Crippen molar-refractivity contribution in [1.29, 1.82) is 0 Å². The maximum Gasteiger partial charge on any atom is 0.264 e. The summed E-state index contributed by atoms with van der Waals surface area (Å²) in [7, 11) is 1.64. The molecule has 10 heteroatoms. The van der Waals surface area contributed by atoms with Crippen LogP contribution in [0.25, 0.3) is 10.2 Å². The Bertz CT molecular complexity index is 1140. The van der Waals surface area contributed by atoms with Crippen LogP contribution in [0.5, 0.6) is 0 Å². The lowest BCUT2D eigenvalue weighted by atomic mass is 10.2. The van der Waals surface area contributed by atoms with Gasteiger partial charge in [0, 0.05) is 51.8 Å². The highest BCUT2D eigenvalue weighted by Crippen LogP contribution is 2.30. The second kappa shape index (κ2) is 11.1. The van der Waals surface area contributed by atoms with Crippen LogP contribution in [0.2, 0.25) is 0 Å². The van der Waals surface area contributed by atoms with E-state index in [2.05, 4.69) is 15.3 Å². The smallest absolute Gasteiger partial charge is 0.264 e. The van der Waals surface area contributed by atoms with Gasteiger partial charge in [0.05, 0.1) is 23.7 Å². The molecule has 0 spiro atoms. The number of halogens is 1. The predicted octanol–water partition coefficient (Wildman–Crippen LogP) is 2.50. The van der Waals surface area contributed by atoms with Crippen LogP contribution in [0.4, 0.5) is 4.39 Å². The van der Waals surface area contributed by atoms with Gasteiger partial charge in [0.2, 0.25) is 5.91 Å². The Balaban J connectivity index is 1.34. The van der Waals surface area contributed by atoms with Gasteiger partial charge in [-0.2, -0.15) is 5.10 Å². The number of fused-ring (bicyclic) bond motifs is 1. The molecule has 1 aliphatic heterocycles. The summed E-state index contributed by atoms with van der Waals surface area (Å²) in [6.07, 6.45) is 0.792. The van der Waals surface area contributed by atoms with Crippen LogP contribution in [-0.4, -0.2) is 84.4 Å². The summed E-state index contributed by atoms with van der Waals surface area (Å²) in [5, 5.41) is 8.48. The van der Waals surface area contributed by atoms with Gasteiger partial charge in [-0.15, -0.1) is 11.3 Å². The second-order valence-electron chi connectivity index (χ2n) is 8.46. The third-order valence-corrected chi connectivity index (χ3v) is 7.07. The minimum absolute atomic E-state index is 0.00145. The first kappa shape index (κ1) is 24.3. The van der Waals surface area contributed by atoms with Gasteiger partial charge in [0.1, 0.15) is 10.6 Å². The number of hydrogen-bond donors (Lipinski definition) is 1. The van der Waals surface area contributed by atoms with Gasteiger partial charge in [0.15, 0.2) is 0 Å². The summed E-state index contributed by atoms with van der Waals surface area (Å²) >= 11 is 1.44. The zero-order valence-electron chi connectivity index (χ0n) is 19.6. The van der Waals surface area contributed by atoms with E-state index in [0.717, 1.165) is 27.9 Å². The molecule has 0 radical (unpaired) electrons. The molecule has 1 N–H and O–H groups in total. The van der Waals surface area contributed by atoms with Crippen molar-refractivity contribution in [3.63, 3.8) is 0 Å². The summed E-state index contributed by atoms with van der Waals surface area (Å²) in [6, 6.07) is 8.30. The number of hydrogen-bond acceptors (Lipinski definition) is 6. The first-order chi connectivity index (χ1) is 16.4. The van der Waals surface area contributed by atoms with Crippen LogP contribution < -0.4 is 5.32 Å². The average Bonchev–Trinajstić information content (AvgIpc) is 3.39. The fourth-order valence-corrected chi connectivity index (χ4v) is 5.19. The Morgan fingerprint density at radius 1 is 1.18 bits per heavy atom. The number of thiophene rings is 1. The number of nitrogens with one attached hydrogen (secondary N) is 1. The molecular formula is C24H30FN5O3S. The van der Waals surface area contributed by atoms with Crippen molar-refractivity contribution >= 4 is 33.4 Å². The van der Waals surface area contributed by atoms with Gasteiger partial charge in [-0.05, 0) is 37.1 Å². The molecule has 0 atom stereocenters. The largest absolute Gasteiger partial charge is 0.385 e. The quantitative estimate of drug-likeness (QED) is 0.469. The summed E-state index contributed by atoms with van der Waals surface area (Å²) in [4.78, 5) is 30.8. The molecule has 2 aromatic heterocycles. The molecule has 0 saturated carbocycles. The van der Waals surface area contributed by atoms with Gasteiger partial charge >= 0.3 is 0 Å². The van der Waals surface area contributed by atoms with Crippen molar-refractivity contribution in [3.05, 3.63) is 52.3 Å². The number of nitrogens with zero attached hydrogens (tertiary/aromatic N) is 4. The number of aryl methyl sites for hydroxylation is 1. The van der Waals surface area contributed by atoms with E-state index in [9.17, 15) is 14.0 Å². The van der Waals surface area contributed by atoms with Crippen LogP contribution >= 0.6 is 11.3 Å². The maximum absolute atomic E-state index is 13.2. The number of benzene rings is 1. The number of carbonyl (C=O) groups excluding carboxylic acids is 2. The topological polar surface area (TPSA) is 79.7 Å². The molecule has 1 saturated heterocycles. The van der Waals surface area contributed by atoms with E-state index in [1.807, 2.05) is 22.6 Å². The number of rotatable bonds is 9. The molecule has 0 bridgehead atoms. The molecule has 3 aromatic rings. The van der Waals surface area contributed by atoms with E-state index in [1.54, 1.807) is 19.2 Å². The molecule has 8 nitrogen and oxygen atoms in total. The van der Waals surface area contributed by atoms with Gasteiger partial charge < -0.3 is 15.0 Å². The normalized spacial score (nSPS) is 14.6. The molecule has 34 heavy (non-hydrogen) atoms. The molecule has 2 amide bonds. The molecule has 4 rings (SSSR count). The molecule has 0 unspecified atom stereocenters. The Kier molecular flexibility index (Phi) is 7.91. The van der Waals surface area contributed by atoms with Crippen molar-refractivity contribution in [2.24, 2.45) is 0 Å². The lowest BCUT2D eigenvalue weighted by molar-refractivity contribution is -0.122. The van der Waals surface area contributed by atoms with Crippen LogP contribution in [0, 0.1) is 12.7 Å². The van der Waals surface area contributed by atoms with E-state index >= 15 is 0 Å². The zero-order valence-corrected chi connectivity index (χ0v) is 20.4. The van der Waals surface area contributed by atoms with Crippen molar-refractivity contribution < 1.29 is 18.7 Å². The van der Waals surface area contributed by atoms with Crippen molar-refractivity contribution in [2.75, 3.05) is 53.0 Å². The number of piperazine rings is 1. The SMILES string of the molecule is COCCCNC(=O)CN1CCN(C(=O)c2cc3c(C)nn(Cc4ccc(F)cc4)c3s2)CC1. The monoisotopic (exact) mass is 487 g/mol. The Morgan fingerprint density at radius 3 is 2.62 bits per heavy atom. The molecule has 1 aliphatic rings. The number of aromatic nitrogens is 2. The third-order valence-electron chi connectivity index (χ3n) is 5.94. The zero-order chi connectivity index (χ0) is 24.1. The lowest BCUT2D eigenvalue weighted by Crippen LogP contribution is -2.51. The standard InChI is InChI=1S/C24H30FN5O3S/c1-17-20-14-21(34-24(20)30(27-17)15-18-4-6-19(25)7-5-18)23(32)29-11-9-28(10-12-29)16-22(31)26-8-3-13-33-2/h4-7,14H,3,8-13,15-16H2,1-2H3,(H,26,31). The van der Waals surface area contributed by atoms with E-state index in [-0.39, 0.29) is 17.6 Å². The molecule has 1 fully saturated rings. The van der Waals surface area contributed by atoms with E-state index < -0.39 is 0 Å². The van der Waals surface area contributed by atoms with E-state index in [4.69, 9.17) is 4.74 Å². The average molecular weight is 488 g/mol. The van der Waals surface area contributed by atoms with Crippen molar-refractivity contribution in [1.82, 2.24) is 24.9 Å². The predicted molar refractivity (Wildman–Crippen MR) is 130 cm³/mol. The molecule has 3 heterocycles.